The second-order valence-electron chi connectivity index (χ2n) is 5.00. The van der Waals surface area contributed by atoms with E-state index in [-0.39, 0.29) is 0 Å². The van der Waals surface area contributed by atoms with Gasteiger partial charge in [-0.05, 0) is 41.1 Å². The minimum atomic E-state index is 0.768. The lowest BCUT2D eigenvalue weighted by Gasteiger charge is -2.10. The van der Waals surface area contributed by atoms with Gasteiger partial charge in [0.25, 0.3) is 0 Å². The zero-order valence-electron chi connectivity index (χ0n) is 13.1. The summed E-state index contributed by atoms with van der Waals surface area (Å²) in [5.74, 6) is 1.57. The molecule has 0 aliphatic heterocycles. The van der Waals surface area contributed by atoms with Crippen molar-refractivity contribution >= 4 is 22.7 Å². The van der Waals surface area contributed by atoms with Crippen LogP contribution in [0.1, 0.15) is 5.56 Å². The van der Waals surface area contributed by atoms with Crippen LogP contribution in [0.25, 0.3) is 10.8 Å². The minimum absolute atomic E-state index is 0.768. The third-order valence-electron chi connectivity index (χ3n) is 3.61. The molecule has 0 aliphatic rings. The number of hydrogen-bond acceptors (Lipinski definition) is 4. The molecule has 0 saturated heterocycles. The minimum Gasteiger partial charge on any atom is -0.497 e. The van der Waals surface area contributed by atoms with Crippen LogP contribution in [0.4, 0.5) is 5.69 Å². The van der Waals surface area contributed by atoms with Gasteiger partial charge in [0, 0.05) is 5.56 Å². The molecule has 0 aromatic heterocycles. The predicted octanol–water partition coefficient (Wildman–Crippen LogP) is 4.30. The number of benzene rings is 3. The molecule has 0 fully saturated rings. The Morgan fingerprint density at radius 1 is 0.913 bits per heavy atom. The molecule has 0 saturated carbocycles. The number of ether oxygens (including phenoxy) is 2. The van der Waals surface area contributed by atoms with Gasteiger partial charge in [0.05, 0.1) is 26.1 Å². The van der Waals surface area contributed by atoms with Crippen LogP contribution in [0.2, 0.25) is 0 Å². The lowest BCUT2D eigenvalue weighted by molar-refractivity contribution is 0.413. The highest BCUT2D eigenvalue weighted by Crippen LogP contribution is 2.29. The van der Waals surface area contributed by atoms with Gasteiger partial charge in [-0.1, -0.05) is 30.3 Å². The highest BCUT2D eigenvalue weighted by molar-refractivity contribution is 6.03. The van der Waals surface area contributed by atoms with E-state index in [2.05, 4.69) is 10.5 Å². The molecule has 0 bridgehead atoms. The summed E-state index contributed by atoms with van der Waals surface area (Å²) >= 11 is 0. The molecule has 0 spiro atoms. The molecule has 4 heteroatoms. The lowest BCUT2D eigenvalue weighted by atomic mass is 10.0. The summed E-state index contributed by atoms with van der Waals surface area (Å²) in [6.45, 7) is 0. The monoisotopic (exact) mass is 306 g/mol. The van der Waals surface area contributed by atoms with Crippen molar-refractivity contribution in [3.63, 3.8) is 0 Å². The molecule has 4 nitrogen and oxygen atoms in total. The van der Waals surface area contributed by atoms with Gasteiger partial charge in [-0.25, -0.2) is 0 Å². The van der Waals surface area contributed by atoms with Gasteiger partial charge in [0.15, 0.2) is 0 Å². The number of para-hydroxylation sites is 1. The van der Waals surface area contributed by atoms with E-state index in [0.717, 1.165) is 33.5 Å². The van der Waals surface area contributed by atoms with Crippen molar-refractivity contribution in [2.45, 2.75) is 0 Å². The summed E-state index contributed by atoms with van der Waals surface area (Å²) in [5, 5.41) is 6.46. The number of methoxy groups -OCH3 is 2. The normalized spacial score (nSPS) is 10.9. The van der Waals surface area contributed by atoms with Crippen LogP contribution < -0.4 is 14.9 Å². The standard InChI is InChI=1S/C19H18N2O2/c1-22-16-10-8-14-9-11-19(23-2)18(17(14)12-16)13-20-21-15-6-4-3-5-7-15/h3-13,21H,1-2H3. The van der Waals surface area contributed by atoms with E-state index < -0.39 is 0 Å². The quantitative estimate of drug-likeness (QED) is 0.564. The maximum absolute atomic E-state index is 5.47. The third-order valence-corrected chi connectivity index (χ3v) is 3.61. The van der Waals surface area contributed by atoms with E-state index in [9.17, 15) is 0 Å². The number of rotatable bonds is 5. The average molecular weight is 306 g/mol. The summed E-state index contributed by atoms with van der Waals surface area (Å²) in [6, 6.07) is 19.7. The van der Waals surface area contributed by atoms with Crippen molar-refractivity contribution in [2.75, 3.05) is 19.6 Å². The summed E-state index contributed by atoms with van der Waals surface area (Å²) in [7, 11) is 3.31. The largest absolute Gasteiger partial charge is 0.497 e. The van der Waals surface area contributed by atoms with Crippen LogP contribution in [0.5, 0.6) is 11.5 Å². The molecule has 1 N–H and O–H groups in total. The Morgan fingerprint density at radius 3 is 2.43 bits per heavy atom. The van der Waals surface area contributed by atoms with Crippen molar-refractivity contribution in [1.82, 2.24) is 0 Å². The molecule has 0 heterocycles. The van der Waals surface area contributed by atoms with Gasteiger partial charge in [0.1, 0.15) is 11.5 Å². The Bertz CT molecular complexity index is 824. The summed E-state index contributed by atoms with van der Waals surface area (Å²) in [4.78, 5) is 0. The van der Waals surface area contributed by atoms with Gasteiger partial charge >= 0.3 is 0 Å². The maximum Gasteiger partial charge on any atom is 0.128 e. The summed E-state index contributed by atoms with van der Waals surface area (Å²) in [5.41, 5.74) is 4.86. The first-order valence-corrected chi connectivity index (χ1v) is 7.30. The van der Waals surface area contributed by atoms with Crippen molar-refractivity contribution in [3.8, 4) is 11.5 Å². The fourth-order valence-corrected chi connectivity index (χ4v) is 2.42. The van der Waals surface area contributed by atoms with Gasteiger partial charge in [-0.2, -0.15) is 5.10 Å². The Labute approximate surface area is 135 Å². The van der Waals surface area contributed by atoms with Crippen molar-refractivity contribution in [1.29, 1.82) is 0 Å². The zero-order valence-corrected chi connectivity index (χ0v) is 13.1. The van der Waals surface area contributed by atoms with E-state index in [1.807, 2.05) is 60.7 Å². The highest BCUT2D eigenvalue weighted by atomic mass is 16.5. The number of anilines is 1. The first-order valence-electron chi connectivity index (χ1n) is 7.30. The Morgan fingerprint density at radius 2 is 1.70 bits per heavy atom. The number of fused-ring (bicyclic) bond motifs is 1. The topological polar surface area (TPSA) is 42.9 Å². The second-order valence-corrected chi connectivity index (χ2v) is 5.00. The van der Waals surface area contributed by atoms with Crippen LogP contribution in [0, 0.1) is 0 Å². The van der Waals surface area contributed by atoms with Gasteiger partial charge < -0.3 is 9.47 Å². The van der Waals surface area contributed by atoms with E-state index in [0.29, 0.717) is 0 Å². The maximum atomic E-state index is 5.47. The van der Waals surface area contributed by atoms with Gasteiger partial charge in [-0.3, -0.25) is 5.43 Å². The van der Waals surface area contributed by atoms with E-state index in [4.69, 9.17) is 9.47 Å². The van der Waals surface area contributed by atoms with Crippen LogP contribution in [-0.2, 0) is 0 Å². The second kappa shape index (κ2) is 6.83. The lowest BCUT2D eigenvalue weighted by Crippen LogP contribution is -1.96. The summed E-state index contributed by atoms with van der Waals surface area (Å²) < 4.78 is 10.8. The molecule has 0 aliphatic carbocycles. The Kier molecular flexibility index (Phi) is 4.43. The SMILES string of the molecule is COc1ccc2ccc(OC)c(C=NNc3ccccc3)c2c1. The Balaban J connectivity index is 2.00. The number of hydrazone groups is 1. The van der Waals surface area contributed by atoms with Crippen molar-refractivity contribution in [2.24, 2.45) is 5.10 Å². The zero-order chi connectivity index (χ0) is 16.1. The molecule has 23 heavy (non-hydrogen) atoms. The summed E-state index contributed by atoms with van der Waals surface area (Å²) in [6.07, 6.45) is 1.77. The first kappa shape index (κ1) is 14.9. The molecule has 0 radical (unpaired) electrons. The predicted molar refractivity (Wildman–Crippen MR) is 94.7 cm³/mol. The highest BCUT2D eigenvalue weighted by Gasteiger charge is 2.07. The van der Waals surface area contributed by atoms with Crippen molar-refractivity contribution < 1.29 is 9.47 Å². The van der Waals surface area contributed by atoms with Crippen molar-refractivity contribution in [3.05, 3.63) is 66.2 Å². The molecule has 116 valence electrons. The number of nitrogens with zero attached hydrogens (tertiary/aromatic N) is 1. The van der Waals surface area contributed by atoms with E-state index in [1.54, 1.807) is 20.4 Å². The van der Waals surface area contributed by atoms with E-state index in [1.165, 1.54) is 0 Å². The van der Waals surface area contributed by atoms with Crippen LogP contribution in [0.15, 0.2) is 65.8 Å². The molecular weight excluding hydrogens is 288 g/mol. The molecule has 0 unspecified atom stereocenters. The molecular formula is C19H18N2O2. The molecule has 3 aromatic rings. The van der Waals surface area contributed by atoms with Gasteiger partial charge in [0.2, 0.25) is 0 Å². The average Bonchev–Trinajstić information content (AvgIpc) is 2.62. The molecule has 3 rings (SSSR count). The molecule has 0 atom stereocenters. The number of nitrogens with one attached hydrogen (secondary N) is 1. The molecule has 0 amide bonds. The fraction of sp³-hybridized carbons (Fsp3) is 0.105. The van der Waals surface area contributed by atoms with E-state index >= 15 is 0 Å². The van der Waals surface area contributed by atoms with Crippen LogP contribution >= 0.6 is 0 Å². The van der Waals surface area contributed by atoms with Crippen LogP contribution in [-0.4, -0.2) is 20.4 Å². The first-order chi connectivity index (χ1) is 11.3. The smallest absolute Gasteiger partial charge is 0.128 e. The fourth-order valence-electron chi connectivity index (χ4n) is 2.42. The Hall–Kier alpha value is -3.01. The molecule has 3 aromatic carbocycles. The van der Waals surface area contributed by atoms with Crippen LogP contribution in [0.3, 0.4) is 0 Å². The van der Waals surface area contributed by atoms with Gasteiger partial charge in [-0.15, -0.1) is 0 Å². The third kappa shape index (κ3) is 3.26. The number of hydrogen-bond donors (Lipinski definition) is 1.